The zero-order chi connectivity index (χ0) is 12.3. The molecule has 0 bridgehead atoms. The predicted molar refractivity (Wildman–Crippen MR) is 67.8 cm³/mol. The van der Waals surface area contributed by atoms with Crippen LogP contribution in [0.15, 0.2) is 29.4 Å². The zero-order valence-electron chi connectivity index (χ0n) is 9.80. The van der Waals surface area contributed by atoms with E-state index in [-0.39, 0.29) is 0 Å². The lowest BCUT2D eigenvalue weighted by atomic mass is 10.2. The molecule has 0 amide bonds. The number of hydrogen-bond donors (Lipinski definition) is 1. The van der Waals surface area contributed by atoms with Gasteiger partial charge in [-0.05, 0) is 49.1 Å². The van der Waals surface area contributed by atoms with Crippen molar-refractivity contribution in [3.8, 4) is 11.8 Å². The summed E-state index contributed by atoms with van der Waals surface area (Å²) < 4.78 is 5.56. The third-order valence-electron chi connectivity index (χ3n) is 2.31. The van der Waals surface area contributed by atoms with Gasteiger partial charge in [0.1, 0.15) is 5.75 Å². The number of benzene rings is 1. The Morgan fingerprint density at radius 1 is 1.24 bits per heavy atom. The Morgan fingerprint density at radius 2 is 2.00 bits per heavy atom. The van der Waals surface area contributed by atoms with Gasteiger partial charge in [0.25, 0.3) is 0 Å². The van der Waals surface area contributed by atoms with E-state index < -0.39 is 0 Å². The van der Waals surface area contributed by atoms with Gasteiger partial charge in [-0.15, -0.1) is 0 Å². The van der Waals surface area contributed by atoms with Crippen molar-refractivity contribution in [2.45, 2.75) is 25.7 Å². The summed E-state index contributed by atoms with van der Waals surface area (Å²) >= 11 is 0. The van der Waals surface area contributed by atoms with E-state index in [1.807, 2.05) is 24.3 Å². The lowest BCUT2D eigenvalue weighted by Crippen LogP contribution is -1.97. The van der Waals surface area contributed by atoms with Crippen LogP contribution in [0.4, 0.5) is 0 Å². The average molecular weight is 231 g/mol. The summed E-state index contributed by atoms with van der Waals surface area (Å²) in [5.41, 5.74) is 0.953. The minimum atomic E-state index is 0.632. The third kappa shape index (κ3) is 5.57. The Labute approximate surface area is 102 Å². The topological polar surface area (TPSA) is 71.4 Å². The summed E-state index contributed by atoms with van der Waals surface area (Å²) in [7, 11) is 0. The van der Waals surface area contributed by atoms with Crippen LogP contribution in [0.1, 0.15) is 31.2 Å². The molecule has 4 nitrogen and oxygen atoms in total. The summed E-state index contributed by atoms with van der Waals surface area (Å²) in [6.45, 7) is 0.690. The van der Waals surface area contributed by atoms with Gasteiger partial charge >= 0.3 is 0 Å². The van der Waals surface area contributed by atoms with Crippen LogP contribution in [0, 0.1) is 11.3 Å². The highest BCUT2D eigenvalue weighted by Gasteiger charge is 1.94. The van der Waals surface area contributed by atoms with Gasteiger partial charge in [-0.2, -0.15) is 10.4 Å². The molecule has 0 saturated heterocycles. The van der Waals surface area contributed by atoms with E-state index in [4.69, 9.17) is 15.8 Å². The standard InChI is InChI=1S/C13H17N3O/c14-9-3-1-2-4-10-17-13-7-5-12(6-8-13)11-16-15/h5-8,11H,1-4,10,15H2. The van der Waals surface area contributed by atoms with Crippen molar-refractivity contribution in [2.24, 2.45) is 10.9 Å². The van der Waals surface area contributed by atoms with Gasteiger partial charge in [-0.25, -0.2) is 0 Å². The summed E-state index contributed by atoms with van der Waals surface area (Å²) in [6, 6.07) is 9.73. The molecule has 0 aliphatic rings. The van der Waals surface area contributed by atoms with E-state index in [2.05, 4.69) is 11.2 Å². The first-order valence-electron chi connectivity index (χ1n) is 5.70. The van der Waals surface area contributed by atoms with Crippen molar-refractivity contribution >= 4 is 6.21 Å². The number of ether oxygens (including phenoxy) is 1. The first-order valence-corrected chi connectivity index (χ1v) is 5.70. The van der Waals surface area contributed by atoms with E-state index in [1.165, 1.54) is 0 Å². The van der Waals surface area contributed by atoms with E-state index >= 15 is 0 Å². The Morgan fingerprint density at radius 3 is 2.65 bits per heavy atom. The Bertz CT molecular complexity index is 379. The molecule has 2 N–H and O–H groups in total. The molecule has 1 rings (SSSR count). The number of unbranched alkanes of at least 4 members (excludes halogenated alkanes) is 3. The highest BCUT2D eigenvalue weighted by molar-refractivity contribution is 5.79. The molecule has 0 spiro atoms. The fourth-order valence-corrected chi connectivity index (χ4v) is 1.41. The number of nitrogens with two attached hydrogens (primary N) is 1. The lowest BCUT2D eigenvalue weighted by molar-refractivity contribution is 0.305. The molecule has 0 aromatic heterocycles. The van der Waals surface area contributed by atoms with Crippen molar-refractivity contribution in [3.05, 3.63) is 29.8 Å². The Balaban J connectivity index is 2.21. The second kappa shape index (κ2) is 8.17. The van der Waals surface area contributed by atoms with Crippen LogP contribution in [0.2, 0.25) is 0 Å². The molecule has 0 fully saturated rings. The molecule has 0 heterocycles. The van der Waals surface area contributed by atoms with Crippen molar-refractivity contribution < 1.29 is 4.74 Å². The molecule has 0 radical (unpaired) electrons. The maximum atomic E-state index is 8.37. The van der Waals surface area contributed by atoms with Crippen LogP contribution in [0.5, 0.6) is 5.75 Å². The van der Waals surface area contributed by atoms with Gasteiger partial charge in [0.15, 0.2) is 0 Å². The Kier molecular flexibility index (Phi) is 6.27. The minimum absolute atomic E-state index is 0.632. The fourth-order valence-electron chi connectivity index (χ4n) is 1.41. The SMILES string of the molecule is N#CCCCCCOc1ccc(C=NN)cc1. The van der Waals surface area contributed by atoms with E-state index in [0.717, 1.165) is 30.6 Å². The van der Waals surface area contributed by atoms with Gasteiger partial charge in [-0.1, -0.05) is 0 Å². The van der Waals surface area contributed by atoms with Crippen LogP contribution >= 0.6 is 0 Å². The maximum absolute atomic E-state index is 8.37. The molecular formula is C13H17N3O. The zero-order valence-corrected chi connectivity index (χ0v) is 9.80. The molecule has 0 aliphatic carbocycles. The monoisotopic (exact) mass is 231 g/mol. The second-order valence-electron chi connectivity index (χ2n) is 3.66. The van der Waals surface area contributed by atoms with Crippen molar-refractivity contribution in [1.82, 2.24) is 0 Å². The summed E-state index contributed by atoms with van der Waals surface area (Å²) in [5, 5.41) is 11.8. The summed E-state index contributed by atoms with van der Waals surface area (Å²) in [5.74, 6) is 5.90. The molecule has 1 aromatic carbocycles. The highest BCUT2D eigenvalue weighted by atomic mass is 16.5. The smallest absolute Gasteiger partial charge is 0.119 e. The number of hydrazone groups is 1. The highest BCUT2D eigenvalue weighted by Crippen LogP contribution is 2.12. The first-order chi connectivity index (χ1) is 8.36. The van der Waals surface area contributed by atoms with E-state index in [9.17, 15) is 0 Å². The molecule has 90 valence electrons. The van der Waals surface area contributed by atoms with Gasteiger partial charge in [0, 0.05) is 6.42 Å². The van der Waals surface area contributed by atoms with Gasteiger partial charge < -0.3 is 10.6 Å². The summed E-state index contributed by atoms with van der Waals surface area (Å²) in [6.07, 6.45) is 5.18. The maximum Gasteiger partial charge on any atom is 0.119 e. The summed E-state index contributed by atoms with van der Waals surface area (Å²) in [4.78, 5) is 0. The predicted octanol–water partition coefficient (Wildman–Crippen LogP) is 2.44. The molecule has 0 saturated carbocycles. The Hall–Kier alpha value is -2.02. The molecule has 17 heavy (non-hydrogen) atoms. The fraction of sp³-hybridized carbons (Fsp3) is 0.385. The molecular weight excluding hydrogens is 214 g/mol. The second-order valence-corrected chi connectivity index (χ2v) is 3.66. The molecule has 4 heteroatoms. The quantitative estimate of drug-likeness (QED) is 0.339. The van der Waals surface area contributed by atoms with Crippen LogP contribution in [0.25, 0.3) is 0 Å². The van der Waals surface area contributed by atoms with Gasteiger partial charge in [-0.3, -0.25) is 0 Å². The molecule has 1 aromatic rings. The lowest BCUT2D eigenvalue weighted by Gasteiger charge is -2.05. The molecule has 0 atom stereocenters. The van der Waals surface area contributed by atoms with E-state index in [0.29, 0.717) is 13.0 Å². The number of hydrogen-bond acceptors (Lipinski definition) is 4. The molecule has 0 unspecified atom stereocenters. The number of nitrogens with zero attached hydrogens (tertiary/aromatic N) is 2. The molecule has 0 aliphatic heterocycles. The van der Waals surface area contributed by atoms with Gasteiger partial charge in [0.2, 0.25) is 0 Å². The normalized spacial score (nSPS) is 10.3. The van der Waals surface area contributed by atoms with Crippen LogP contribution in [-0.4, -0.2) is 12.8 Å². The van der Waals surface area contributed by atoms with Crippen LogP contribution in [0.3, 0.4) is 0 Å². The van der Waals surface area contributed by atoms with Crippen molar-refractivity contribution in [2.75, 3.05) is 6.61 Å². The van der Waals surface area contributed by atoms with E-state index in [1.54, 1.807) is 6.21 Å². The minimum Gasteiger partial charge on any atom is -0.494 e. The largest absolute Gasteiger partial charge is 0.494 e. The third-order valence-corrected chi connectivity index (χ3v) is 2.31. The average Bonchev–Trinajstić information content (AvgIpc) is 2.36. The van der Waals surface area contributed by atoms with Crippen molar-refractivity contribution in [1.29, 1.82) is 5.26 Å². The number of rotatable bonds is 7. The van der Waals surface area contributed by atoms with Crippen LogP contribution in [-0.2, 0) is 0 Å². The van der Waals surface area contributed by atoms with Crippen LogP contribution < -0.4 is 10.6 Å². The number of nitriles is 1. The first kappa shape index (κ1) is 13.0. The van der Waals surface area contributed by atoms with Crippen molar-refractivity contribution in [3.63, 3.8) is 0 Å². The van der Waals surface area contributed by atoms with Gasteiger partial charge in [0.05, 0.1) is 18.9 Å².